The highest BCUT2D eigenvalue weighted by Gasteiger charge is 2.47. The Bertz CT molecular complexity index is 990. The third-order valence-electron chi connectivity index (χ3n) is 5.47. The standard InChI is InChI=1S/C25H31NO6/c1-15(2)18-14-17(9-10-19(18)30-5)23(27)21-22(20-8-6-12-32-20)26(25(29)24(21)28)11-7-13-31-16(3)4/h6,8-10,12,14-16,22,27H,7,11,13H2,1-5H3/b23-21-. The van der Waals surface area contributed by atoms with Crippen LogP contribution in [0.5, 0.6) is 5.75 Å². The van der Waals surface area contributed by atoms with Crippen LogP contribution >= 0.6 is 0 Å². The lowest BCUT2D eigenvalue weighted by Crippen LogP contribution is -2.31. The van der Waals surface area contributed by atoms with Crippen LogP contribution in [0.15, 0.2) is 46.6 Å². The monoisotopic (exact) mass is 441 g/mol. The fraction of sp³-hybridized carbons (Fsp3) is 0.440. The first kappa shape index (κ1) is 23.6. The van der Waals surface area contributed by atoms with Gasteiger partial charge in [0, 0.05) is 18.7 Å². The summed E-state index contributed by atoms with van der Waals surface area (Å²) in [6, 6.07) is 7.83. The lowest BCUT2D eigenvalue weighted by molar-refractivity contribution is -0.140. The molecule has 1 fully saturated rings. The Labute approximate surface area is 188 Å². The maximum atomic E-state index is 13.0. The average Bonchev–Trinajstić information content (AvgIpc) is 3.37. The van der Waals surface area contributed by atoms with Crippen molar-refractivity contribution in [2.45, 2.75) is 52.2 Å². The summed E-state index contributed by atoms with van der Waals surface area (Å²) in [4.78, 5) is 27.3. The van der Waals surface area contributed by atoms with E-state index in [0.29, 0.717) is 36.6 Å². The van der Waals surface area contributed by atoms with Gasteiger partial charge in [-0.1, -0.05) is 13.8 Å². The number of likely N-dealkylation sites (tertiary alicyclic amines) is 1. The first-order valence-corrected chi connectivity index (χ1v) is 10.9. The molecule has 7 nitrogen and oxygen atoms in total. The molecule has 0 aliphatic carbocycles. The molecule has 1 N–H and O–H groups in total. The molecule has 1 aromatic carbocycles. The number of methoxy groups -OCH3 is 1. The van der Waals surface area contributed by atoms with E-state index in [2.05, 4.69) is 0 Å². The smallest absolute Gasteiger partial charge is 0.295 e. The Morgan fingerprint density at radius 1 is 1.19 bits per heavy atom. The number of ether oxygens (including phenoxy) is 2. The summed E-state index contributed by atoms with van der Waals surface area (Å²) in [6.45, 7) is 8.68. The van der Waals surface area contributed by atoms with Crippen molar-refractivity contribution in [2.24, 2.45) is 0 Å². The molecule has 1 saturated heterocycles. The molecule has 1 amide bonds. The van der Waals surface area contributed by atoms with Crippen LogP contribution in [0.1, 0.15) is 63.0 Å². The van der Waals surface area contributed by atoms with Crippen LogP contribution in [0, 0.1) is 0 Å². The summed E-state index contributed by atoms with van der Waals surface area (Å²) in [5, 5.41) is 11.2. The number of rotatable bonds is 9. The zero-order chi connectivity index (χ0) is 23.4. The number of carbonyl (C=O) groups excluding carboxylic acids is 2. The van der Waals surface area contributed by atoms with E-state index in [-0.39, 0.29) is 23.4 Å². The van der Waals surface area contributed by atoms with Gasteiger partial charge in [-0.05, 0) is 62.1 Å². The Morgan fingerprint density at radius 2 is 1.94 bits per heavy atom. The minimum atomic E-state index is -0.798. The molecular weight excluding hydrogens is 410 g/mol. The van der Waals surface area contributed by atoms with Crippen molar-refractivity contribution in [1.29, 1.82) is 0 Å². The predicted molar refractivity (Wildman–Crippen MR) is 121 cm³/mol. The van der Waals surface area contributed by atoms with Crippen molar-refractivity contribution < 1.29 is 28.6 Å². The van der Waals surface area contributed by atoms with Gasteiger partial charge in [-0.25, -0.2) is 0 Å². The summed E-state index contributed by atoms with van der Waals surface area (Å²) >= 11 is 0. The lowest BCUT2D eigenvalue weighted by atomic mass is 9.95. The molecular formula is C25H31NO6. The van der Waals surface area contributed by atoms with Crippen LogP contribution in [0.4, 0.5) is 0 Å². The topological polar surface area (TPSA) is 89.2 Å². The largest absolute Gasteiger partial charge is 0.507 e. The zero-order valence-electron chi connectivity index (χ0n) is 19.3. The molecule has 2 aromatic rings. The van der Waals surface area contributed by atoms with Gasteiger partial charge in [-0.15, -0.1) is 0 Å². The van der Waals surface area contributed by atoms with Crippen LogP contribution < -0.4 is 4.74 Å². The predicted octanol–water partition coefficient (Wildman–Crippen LogP) is 4.65. The SMILES string of the molecule is COc1ccc(/C(O)=C2/C(=O)C(=O)N(CCCOC(C)C)C2c2ccco2)cc1C(C)C. The molecule has 32 heavy (non-hydrogen) atoms. The summed E-state index contributed by atoms with van der Waals surface area (Å²) in [5.74, 6) is -0.347. The number of aliphatic hydroxyl groups is 1. The van der Waals surface area contributed by atoms with Gasteiger partial charge in [-0.3, -0.25) is 9.59 Å². The highest BCUT2D eigenvalue weighted by molar-refractivity contribution is 6.46. The molecule has 0 spiro atoms. The molecule has 1 aliphatic heterocycles. The number of ketones is 1. The molecule has 0 saturated carbocycles. The number of benzene rings is 1. The van der Waals surface area contributed by atoms with E-state index in [1.54, 1.807) is 37.4 Å². The molecule has 1 aliphatic rings. The first-order chi connectivity index (χ1) is 15.3. The van der Waals surface area contributed by atoms with Crippen LogP contribution in [-0.2, 0) is 14.3 Å². The second-order valence-corrected chi connectivity index (χ2v) is 8.39. The minimum Gasteiger partial charge on any atom is -0.507 e. The Hall–Kier alpha value is -3.06. The molecule has 0 bridgehead atoms. The van der Waals surface area contributed by atoms with E-state index >= 15 is 0 Å². The first-order valence-electron chi connectivity index (χ1n) is 10.9. The van der Waals surface area contributed by atoms with E-state index in [4.69, 9.17) is 13.9 Å². The van der Waals surface area contributed by atoms with Gasteiger partial charge >= 0.3 is 0 Å². The maximum absolute atomic E-state index is 13.0. The van der Waals surface area contributed by atoms with Crippen LogP contribution in [0.25, 0.3) is 5.76 Å². The van der Waals surface area contributed by atoms with Crippen LogP contribution in [0.3, 0.4) is 0 Å². The molecule has 1 unspecified atom stereocenters. The van der Waals surface area contributed by atoms with Gasteiger partial charge in [0.1, 0.15) is 23.3 Å². The molecule has 7 heteroatoms. The summed E-state index contributed by atoms with van der Waals surface area (Å²) in [5.41, 5.74) is 1.37. The van der Waals surface area contributed by atoms with Gasteiger partial charge in [-0.2, -0.15) is 0 Å². The number of amides is 1. The number of aliphatic hydroxyl groups excluding tert-OH is 1. The fourth-order valence-electron chi connectivity index (χ4n) is 3.90. The summed E-state index contributed by atoms with van der Waals surface area (Å²) < 4.78 is 16.6. The number of hydrogen-bond acceptors (Lipinski definition) is 6. The Balaban J connectivity index is 2.03. The molecule has 172 valence electrons. The van der Waals surface area contributed by atoms with Crippen molar-refractivity contribution in [3.05, 3.63) is 59.1 Å². The van der Waals surface area contributed by atoms with Gasteiger partial charge in [0.05, 0.1) is 25.1 Å². The van der Waals surface area contributed by atoms with Crippen LogP contribution in [0.2, 0.25) is 0 Å². The highest BCUT2D eigenvalue weighted by atomic mass is 16.5. The van der Waals surface area contributed by atoms with Crippen LogP contribution in [-0.4, -0.2) is 48.1 Å². The third kappa shape index (κ3) is 4.72. The summed E-state index contributed by atoms with van der Waals surface area (Å²) in [7, 11) is 1.59. The number of Topliss-reactive ketones (excluding diaryl/α,β-unsaturated/α-hetero) is 1. The van der Waals surface area contributed by atoms with Crippen molar-refractivity contribution in [2.75, 3.05) is 20.3 Å². The molecule has 0 radical (unpaired) electrons. The summed E-state index contributed by atoms with van der Waals surface area (Å²) in [6.07, 6.45) is 2.13. The minimum absolute atomic E-state index is 0.0228. The maximum Gasteiger partial charge on any atom is 0.295 e. The van der Waals surface area contributed by atoms with Crippen molar-refractivity contribution in [1.82, 2.24) is 4.90 Å². The number of furan rings is 1. The van der Waals surface area contributed by atoms with Gasteiger partial charge in [0.15, 0.2) is 0 Å². The van der Waals surface area contributed by atoms with E-state index in [1.807, 2.05) is 27.7 Å². The van der Waals surface area contributed by atoms with Gasteiger partial charge < -0.3 is 23.9 Å². The number of nitrogens with zero attached hydrogens (tertiary/aromatic N) is 1. The molecule has 1 atom stereocenters. The fourth-order valence-corrected chi connectivity index (χ4v) is 3.90. The second kappa shape index (κ2) is 10.0. The average molecular weight is 442 g/mol. The lowest BCUT2D eigenvalue weighted by Gasteiger charge is -2.23. The van der Waals surface area contributed by atoms with Crippen molar-refractivity contribution >= 4 is 17.4 Å². The number of hydrogen-bond donors (Lipinski definition) is 1. The van der Waals surface area contributed by atoms with E-state index < -0.39 is 17.7 Å². The Kier molecular flexibility index (Phi) is 7.40. The van der Waals surface area contributed by atoms with Crippen molar-refractivity contribution in [3.8, 4) is 5.75 Å². The van der Waals surface area contributed by atoms with E-state index in [1.165, 1.54) is 11.2 Å². The number of carbonyl (C=O) groups is 2. The zero-order valence-corrected chi connectivity index (χ0v) is 19.3. The highest BCUT2D eigenvalue weighted by Crippen LogP contribution is 2.40. The third-order valence-corrected chi connectivity index (χ3v) is 5.47. The molecule has 2 heterocycles. The van der Waals surface area contributed by atoms with E-state index in [9.17, 15) is 14.7 Å². The van der Waals surface area contributed by atoms with Crippen molar-refractivity contribution in [3.63, 3.8) is 0 Å². The quantitative estimate of drug-likeness (QED) is 0.264. The van der Waals surface area contributed by atoms with E-state index in [0.717, 1.165) is 5.56 Å². The Morgan fingerprint density at radius 3 is 2.53 bits per heavy atom. The van der Waals surface area contributed by atoms with Gasteiger partial charge in [0.25, 0.3) is 11.7 Å². The van der Waals surface area contributed by atoms with Gasteiger partial charge in [0.2, 0.25) is 0 Å². The molecule has 3 rings (SSSR count). The normalized spacial score (nSPS) is 18.2. The second-order valence-electron chi connectivity index (χ2n) is 8.39. The molecule has 1 aromatic heterocycles.